The summed E-state index contributed by atoms with van der Waals surface area (Å²) in [6.45, 7) is 3.21. The molecule has 3 unspecified atom stereocenters. The van der Waals surface area contributed by atoms with Gasteiger partial charge in [-0.2, -0.15) is 0 Å². The van der Waals surface area contributed by atoms with Gasteiger partial charge in [0.25, 0.3) is 0 Å². The third-order valence-electron chi connectivity index (χ3n) is 6.12. The van der Waals surface area contributed by atoms with E-state index in [-0.39, 0.29) is 12.3 Å². The lowest BCUT2D eigenvalue weighted by molar-refractivity contribution is -0.138. The number of para-hydroxylation sites is 1. The number of carbonyl (C=O) groups excluding carboxylic acids is 3. The number of hydrogen-bond acceptors (Lipinski definition) is 5. The van der Waals surface area contributed by atoms with Crippen molar-refractivity contribution in [1.29, 1.82) is 0 Å². The molecule has 2 aromatic carbocycles. The van der Waals surface area contributed by atoms with Gasteiger partial charge in [0.15, 0.2) is 0 Å². The summed E-state index contributed by atoms with van der Waals surface area (Å²) in [5, 5.41) is 17.6. The molecule has 10 nitrogen and oxygen atoms in total. The summed E-state index contributed by atoms with van der Waals surface area (Å²) >= 11 is 0. The summed E-state index contributed by atoms with van der Waals surface area (Å²) in [4.78, 5) is 53.3. The molecule has 10 heteroatoms. The van der Waals surface area contributed by atoms with Crippen LogP contribution in [-0.2, 0) is 32.0 Å². The maximum Gasteiger partial charge on any atom is 0.322 e. The number of H-pyrrole nitrogens is 1. The van der Waals surface area contributed by atoms with Crippen LogP contribution in [0.5, 0.6) is 0 Å². The first kappa shape index (κ1) is 28.4. The van der Waals surface area contributed by atoms with E-state index in [0.29, 0.717) is 12.8 Å². The molecule has 0 bridgehead atoms. The smallest absolute Gasteiger partial charge is 0.322 e. The van der Waals surface area contributed by atoms with Crippen LogP contribution < -0.4 is 21.7 Å². The van der Waals surface area contributed by atoms with Crippen LogP contribution in [0.25, 0.3) is 10.9 Å². The average Bonchev–Trinajstić information content (AvgIpc) is 3.29. The minimum Gasteiger partial charge on any atom is -0.480 e. The van der Waals surface area contributed by atoms with E-state index in [0.717, 1.165) is 22.0 Å². The minimum absolute atomic E-state index is 0.0387. The van der Waals surface area contributed by atoms with Crippen molar-refractivity contribution in [2.24, 2.45) is 11.7 Å². The molecule has 0 aliphatic heterocycles. The fourth-order valence-corrected chi connectivity index (χ4v) is 4.23. The van der Waals surface area contributed by atoms with Crippen LogP contribution in [0.3, 0.4) is 0 Å². The quantitative estimate of drug-likeness (QED) is 0.199. The van der Waals surface area contributed by atoms with Gasteiger partial charge in [-0.3, -0.25) is 19.2 Å². The zero-order valence-corrected chi connectivity index (χ0v) is 21.6. The summed E-state index contributed by atoms with van der Waals surface area (Å²) in [5.74, 6) is -2.81. The van der Waals surface area contributed by atoms with Crippen molar-refractivity contribution in [2.75, 3.05) is 6.54 Å². The summed E-state index contributed by atoms with van der Waals surface area (Å²) in [7, 11) is 0. The Balaban J connectivity index is 1.80. The van der Waals surface area contributed by atoms with E-state index in [1.54, 1.807) is 6.20 Å². The normalized spacial score (nSPS) is 13.5. The maximum atomic E-state index is 13.5. The lowest BCUT2D eigenvalue weighted by Gasteiger charge is -2.25. The van der Waals surface area contributed by atoms with Crippen molar-refractivity contribution >= 4 is 34.6 Å². The van der Waals surface area contributed by atoms with Crippen LogP contribution in [0.1, 0.15) is 31.4 Å². The van der Waals surface area contributed by atoms with E-state index in [1.165, 1.54) is 0 Å². The Morgan fingerprint density at radius 1 is 0.868 bits per heavy atom. The van der Waals surface area contributed by atoms with Crippen molar-refractivity contribution in [3.05, 3.63) is 71.9 Å². The number of hydrogen-bond donors (Lipinski definition) is 6. The van der Waals surface area contributed by atoms with Gasteiger partial charge in [0, 0.05) is 23.5 Å². The van der Waals surface area contributed by atoms with Gasteiger partial charge in [-0.1, -0.05) is 62.4 Å². The monoisotopic (exact) mass is 521 g/mol. The number of rotatable bonds is 13. The van der Waals surface area contributed by atoms with Gasteiger partial charge in [-0.25, -0.2) is 0 Å². The SMILES string of the molecule is CC(C)CC(NC(=O)C(Cc1c[nH]c2ccccc12)NC(=O)C(N)Cc1ccccc1)C(=O)NCC(=O)O. The molecule has 1 heterocycles. The van der Waals surface area contributed by atoms with Crippen LogP contribution in [0.15, 0.2) is 60.8 Å². The van der Waals surface area contributed by atoms with Crippen LogP contribution in [0.2, 0.25) is 0 Å². The Morgan fingerprint density at radius 3 is 2.21 bits per heavy atom. The molecule has 3 aromatic rings. The van der Waals surface area contributed by atoms with Crippen molar-refractivity contribution in [3.8, 4) is 0 Å². The summed E-state index contributed by atoms with van der Waals surface area (Å²) < 4.78 is 0. The molecule has 0 saturated carbocycles. The average molecular weight is 522 g/mol. The van der Waals surface area contributed by atoms with E-state index < -0.39 is 48.4 Å². The van der Waals surface area contributed by atoms with Crippen molar-refractivity contribution in [2.45, 2.75) is 51.2 Å². The fourth-order valence-electron chi connectivity index (χ4n) is 4.23. The molecule has 1 aromatic heterocycles. The summed E-state index contributed by atoms with van der Waals surface area (Å²) in [5.41, 5.74) is 8.77. The van der Waals surface area contributed by atoms with Gasteiger partial charge >= 0.3 is 5.97 Å². The van der Waals surface area contributed by atoms with Gasteiger partial charge in [0.05, 0.1) is 6.04 Å². The van der Waals surface area contributed by atoms with Gasteiger partial charge in [-0.05, 0) is 36.0 Å². The Hall–Kier alpha value is -4.18. The van der Waals surface area contributed by atoms with E-state index in [9.17, 15) is 19.2 Å². The third-order valence-corrected chi connectivity index (χ3v) is 6.12. The van der Waals surface area contributed by atoms with E-state index in [1.807, 2.05) is 68.4 Å². The number of benzene rings is 2. The van der Waals surface area contributed by atoms with Gasteiger partial charge in [-0.15, -0.1) is 0 Å². The number of nitrogens with one attached hydrogen (secondary N) is 4. The van der Waals surface area contributed by atoms with Gasteiger partial charge in [0.2, 0.25) is 17.7 Å². The Kier molecular flexibility index (Phi) is 10.0. The van der Waals surface area contributed by atoms with E-state index in [4.69, 9.17) is 10.8 Å². The van der Waals surface area contributed by atoms with Gasteiger partial charge in [0.1, 0.15) is 18.6 Å². The number of carboxylic acids is 1. The molecular formula is C28H35N5O5. The third kappa shape index (κ3) is 8.17. The summed E-state index contributed by atoms with van der Waals surface area (Å²) in [6, 6.07) is 14.1. The zero-order chi connectivity index (χ0) is 27.7. The predicted octanol–water partition coefficient (Wildman–Crippen LogP) is 1.50. The van der Waals surface area contributed by atoms with E-state index >= 15 is 0 Å². The highest BCUT2D eigenvalue weighted by Gasteiger charge is 2.29. The van der Waals surface area contributed by atoms with Crippen LogP contribution >= 0.6 is 0 Å². The van der Waals surface area contributed by atoms with Crippen molar-refractivity contribution < 1.29 is 24.3 Å². The fraction of sp³-hybridized carbons (Fsp3) is 0.357. The molecule has 3 atom stereocenters. The number of aromatic amines is 1. The number of nitrogens with two attached hydrogens (primary N) is 1. The molecule has 0 fully saturated rings. The number of aliphatic carboxylic acids is 1. The number of carboxylic acid groups (broad SMARTS) is 1. The second kappa shape index (κ2) is 13.4. The lowest BCUT2D eigenvalue weighted by atomic mass is 10.00. The highest BCUT2D eigenvalue weighted by Crippen LogP contribution is 2.19. The highest BCUT2D eigenvalue weighted by molar-refractivity contribution is 5.94. The molecule has 0 aliphatic rings. The summed E-state index contributed by atoms with van der Waals surface area (Å²) in [6.07, 6.45) is 2.52. The highest BCUT2D eigenvalue weighted by atomic mass is 16.4. The number of aromatic nitrogens is 1. The Labute approximate surface area is 221 Å². The first-order valence-corrected chi connectivity index (χ1v) is 12.6. The molecule has 3 amide bonds. The molecule has 0 radical (unpaired) electrons. The molecule has 202 valence electrons. The predicted molar refractivity (Wildman–Crippen MR) is 144 cm³/mol. The second-order valence-corrected chi connectivity index (χ2v) is 9.72. The molecule has 0 aliphatic carbocycles. The first-order valence-electron chi connectivity index (χ1n) is 12.6. The second-order valence-electron chi connectivity index (χ2n) is 9.72. The topological polar surface area (TPSA) is 166 Å². The molecular weight excluding hydrogens is 486 g/mol. The number of carbonyl (C=O) groups is 4. The molecule has 0 saturated heterocycles. The van der Waals surface area contributed by atoms with Crippen LogP contribution in [-0.4, -0.2) is 58.5 Å². The molecule has 0 spiro atoms. The largest absolute Gasteiger partial charge is 0.480 e. The maximum absolute atomic E-state index is 13.5. The standard InChI is InChI=1S/C28H35N5O5/c1-17(2)12-23(27(37)31-16-25(34)35)33-28(38)24(14-19-15-30-22-11-7-6-10-20(19)22)32-26(36)21(29)13-18-8-4-3-5-9-18/h3-11,15,17,21,23-24,30H,12-14,16,29H2,1-2H3,(H,31,37)(H,32,36)(H,33,38)(H,34,35). The van der Waals surface area contributed by atoms with Crippen molar-refractivity contribution in [1.82, 2.24) is 20.9 Å². The Morgan fingerprint density at radius 2 is 1.53 bits per heavy atom. The molecule has 3 rings (SSSR count). The molecule has 7 N–H and O–H groups in total. The first-order chi connectivity index (χ1) is 18.1. The van der Waals surface area contributed by atoms with E-state index in [2.05, 4.69) is 20.9 Å². The molecule has 38 heavy (non-hydrogen) atoms. The Bertz CT molecular complexity index is 1260. The minimum atomic E-state index is -1.19. The van der Waals surface area contributed by atoms with Crippen LogP contribution in [0.4, 0.5) is 0 Å². The van der Waals surface area contributed by atoms with Gasteiger partial charge < -0.3 is 31.8 Å². The lowest BCUT2D eigenvalue weighted by Crippen LogP contribution is -2.57. The van der Waals surface area contributed by atoms with Crippen LogP contribution in [0, 0.1) is 5.92 Å². The number of amides is 3. The van der Waals surface area contributed by atoms with Crippen molar-refractivity contribution in [3.63, 3.8) is 0 Å². The zero-order valence-electron chi connectivity index (χ0n) is 21.6. The number of fused-ring (bicyclic) bond motifs is 1.